The van der Waals surface area contributed by atoms with Crippen molar-refractivity contribution in [2.75, 3.05) is 5.32 Å². The maximum atomic E-state index is 12.9. The van der Waals surface area contributed by atoms with Gasteiger partial charge in [0, 0.05) is 0 Å². The standard InChI is InChI=1S/C12H6Br2F3N3O/c13-8-5-18-10(9(14)19-8)20-11(21)6-3-1-2-4-7(6)12(15,16)17/h1-5H,(H,18,20,21). The summed E-state index contributed by atoms with van der Waals surface area (Å²) in [5.74, 6) is -0.888. The number of halogens is 5. The summed E-state index contributed by atoms with van der Waals surface area (Å²) in [4.78, 5) is 19.8. The zero-order valence-corrected chi connectivity index (χ0v) is 13.3. The van der Waals surface area contributed by atoms with E-state index < -0.39 is 23.2 Å². The highest BCUT2D eigenvalue weighted by molar-refractivity contribution is 9.11. The molecule has 2 rings (SSSR count). The van der Waals surface area contributed by atoms with Crippen LogP contribution in [-0.4, -0.2) is 15.9 Å². The van der Waals surface area contributed by atoms with E-state index in [1.807, 2.05) is 0 Å². The SMILES string of the molecule is O=C(Nc1ncc(Br)nc1Br)c1ccccc1C(F)(F)F. The molecule has 4 nitrogen and oxygen atoms in total. The third-order valence-corrected chi connectivity index (χ3v) is 3.34. The van der Waals surface area contributed by atoms with Gasteiger partial charge in [-0.3, -0.25) is 4.79 Å². The molecule has 0 saturated carbocycles. The van der Waals surface area contributed by atoms with Gasteiger partial charge < -0.3 is 5.32 Å². The molecule has 0 unspecified atom stereocenters. The Labute approximate surface area is 134 Å². The van der Waals surface area contributed by atoms with Gasteiger partial charge in [-0.05, 0) is 44.0 Å². The first kappa shape index (κ1) is 15.9. The number of carbonyl (C=O) groups excluding carboxylic acids is 1. The number of rotatable bonds is 2. The predicted molar refractivity (Wildman–Crippen MR) is 76.8 cm³/mol. The number of hydrogen-bond acceptors (Lipinski definition) is 3. The summed E-state index contributed by atoms with van der Waals surface area (Å²) in [6.45, 7) is 0. The first-order valence-corrected chi connectivity index (χ1v) is 7.03. The topological polar surface area (TPSA) is 54.9 Å². The van der Waals surface area contributed by atoms with Crippen molar-refractivity contribution in [2.24, 2.45) is 0 Å². The average molecular weight is 425 g/mol. The molecule has 1 amide bonds. The number of carbonyl (C=O) groups is 1. The lowest BCUT2D eigenvalue weighted by Gasteiger charge is -2.12. The van der Waals surface area contributed by atoms with Crippen LogP contribution in [0, 0.1) is 0 Å². The van der Waals surface area contributed by atoms with Crippen LogP contribution in [0.15, 0.2) is 39.7 Å². The van der Waals surface area contributed by atoms with Crippen molar-refractivity contribution in [2.45, 2.75) is 6.18 Å². The van der Waals surface area contributed by atoms with Crippen LogP contribution in [0.25, 0.3) is 0 Å². The van der Waals surface area contributed by atoms with Gasteiger partial charge in [-0.2, -0.15) is 13.2 Å². The van der Waals surface area contributed by atoms with Gasteiger partial charge in [0.15, 0.2) is 5.82 Å². The lowest BCUT2D eigenvalue weighted by atomic mass is 10.1. The minimum atomic E-state index is -4.61. The lowest BCUT2D eigenvalue weighted by Crippen LogP contribution is -2.19. The van der Waals surface area contributed by atoms with Gasteiger partial charge in [0.1, 0.15) is 9.21 Å². The number of nitrogens with one attached hydrogen (secondary N) is 1. The van der Waals surface area contributed by atoms with E-state index in [2.05, 4.69) is 47.1 Å². The van der Waals surface area contributed by atoms with E-state index in [0.717, 1.165) is 12.1 Å². The van der Waals surface area contributed by atoms with Gasteiger partial charge in [0.25, 0.3) is 5.91 Å². The Hall–Kier alpha value is -1.48. The second kappa shape index (κ2) is 6.10. The second-order valence-corrected chi connectivity index (χ2v) is 5.39. The minimum absolute atomic E-state index is 0.0279. The van der Waals surface area contributed by atoms with Crippen LogP contribution in [0.5, 0.6) is 0 Å². The molecule has 1 aromatic carbocycles. The quantitative estimate of drug-likeness (QED) is 0.783. The number of nitrogens with zero attached hydrogens (tertiary/aromatic N) is 2. The molecule has 110 valence electrons. The molecule has 1 aromatic heterocycles. The lowest BCUT2D eigenvalue weighted by molar-refractivity contribution is -0.137. The molecule has 0 aliphatic heterocycles. The highest BCUT2D eigenvalue weighted by Crippen LogP contribution is 2.32. The molecule has 1 heterocycles. The zero-order chi connectivity index (χ0) is 15.6. The highest BCUT2D eigenvalue weighted by atomic mass is 79.9. The predicted octanol–water partition coefficient (Wildman–Crippen LogP) is 4.27. The fraction of sp³-hybridized carbons (Fsp3) is 0.0833. The molecule has 0 spiro atoms. The number of hydrogen-bond donors (Lipinski definition) is 1. The van der Waals surface area contributed by atoms with Gasteiger partial charge in [-0.15, -0.1) is 0 Å². The molecule has 0 atom stereocenters. The van der Waals surface area contributed by atoms with Crippen LogP contribution < -0.4 is 5.32 Å². The smallest absolute Gasteiger partial charge is 0.304 e. The van der Waals surface area contributed by atoms with Crippen LogP contribution >= 0.6 is 31.9 Å². The van der Waals surface area contributed by atoms with Crippen LogP contribution in [0.4, 0.5) is 19.0 Å². The molecule has 0 radical (unpaired) electrons. The third-order valence-electron chi connectivity index (χ3n) is 2.41. The number of amides is 1. The summed E-state index contributed by atoms with van der Waals surface area (Å²) < 4.78 is 39.2. The van der Waals surface area contributed by atoms with Crippen LogP contribution in [0.2, 0.25) is 0 Å². The minimum Gasteiger partial charge on any atom is -0.304 e. The van der Waals surface area contributed by atoms with Gasteiger partial charge in [-0.1, -0.05) is 12.1 Å². The summed E-state index contributed by atoms with van der Waals surface area (Å²) in [5, 5.41) is 2.29. The first-order chi connectivity index (χ1) is 9.79. The normalized spacial score (nSPS) is 11.3. The van der Waals surface area contributed by atoms with E-state index in [4.69, 9.17) is 0 Å². The molecule has 9 heteroatoms. The van der Waals surface area contributed by atoms with E-state index in [1.54, 1.807) is 0 Å². The average Bonchev–Trinajstić information content (AvgIpc) is 2.41. The van der Waals surface area contributed by atoms with E-state index in [1.165, 1.54) is 18.3 Å². The molecular weight excluding hydrogens is 419 g/mol. The van der Waals surface area contributed by atoms with Gasteiger partial charge in [0.05, 0.1) is 17.3 Å². The number of anilines is 1. The van der Waals surface area contributed by atoms with Gasteiger partial charge in [0.2, 0.25) is 0 Å². The third kappa shape index (κ3) is 3.79. The summed E-state index contributed by atoms with van der Waals surface area (Å²) in [5.41, 5.74) is -1.50. The maximum absolute atomic E-state index is 12.9. The van der Waals surface area contributed by atoms with Crippen molar-refractivity contribution in [3.63, 3.8) is 0 Å². The fourth-order valence-corrected chi connectivity index (χ4v) is 2.44. The summed E-state index contributed by atoms with van der Waals surface area (Å²) in [6, 6.07) is 4.51. The Kier molecular flexibility index (Phi) is 4.62. The largest absolute Gasteiger partial charge is 0.417 e. The first-order valence-electron chi connectivity index (χ1n) is 5.44. The summed E-state index contributed by atoms with van der Waals surface area (Å²) in [7, 11) is 0. The van der Waals surface area contributed by atoms with Crippen molar-refractivity contribution in [3.8, 4) is 0 Å². The molecule has 0 saturated heterocycles. The Morgan fingerprint density at radius 2 is 1.86 bits per heavy atom. The Morgan fingerprint density at radius 1 is 1.19 bits per heavy atom. The monoisotopic (exact) mass is 423 g/mol. The molecule has 21 heavy (non-hydrogen) atoms. The molecule has 2 aromatic rings. The van der Waals surface area contributed by atoms with Crippen LogP contribution in [0.3, 0.4) is 0 Å². The van der Waals surface area contributed by atoms with Crippen LogP contribution in [0.1, 0.15) is 15.9 Å². The maximum Gasteiger partial charge on any atom is 0.417 e. The molecule has 0 aliphatic carbocycles. The molecule has 1 N–H and O–H groups in total. The fourth-order valence-electron chi connectivity index (χ4n) is 1.53. The zero-order valence-electron chi connectivity index (χ0n) is 10.1. The van der Waals surface area contributed by atoms with Gasteiger partial charge >= 0.3 is 6.18 Å². The summed E-state index contributed by atoms with van der Waals surface area (Å²) in [6.07, 6.45) is -3.30. The molecule has 0 fully saturated rings. The van der Waals surface area contributed by atoms with E-state index in [9.17, 15) is 18.0 Å². The van der Waals surface area contributed by atoms with Crippen molar-refractivity contribution >= 4 is 43.6 Å². The van der Waals surface area contributed by atoms with Crippen molar-refractivity contribution in [1.29, 1.82) is 0 Å². The van der Waals surface area contributed by atoms with Crippen LogP contribution in [-0.2, 0) is 6.18 Å². The Balaban J connectivity index is 2.33. The van der Waals surface area contributed by atoms with E-state index in [0.29, 0.717) is 4.60 Å². The summed E-state index contributed by atoms with van der Waals surface area (Å²) >= 11 is 6.15. The van der Waals surface area contributed by atoms with E-state index >= 15 is 0 Å². The second-order valence-electron chi connectivity index (χ2n) is 3.83. The number of benzene rings is 1. The van der Waals surface area contributed by atoms with Gasteiger partial charge in [-0.25, -0.2) is 9.97 Å². The van der Waals surface area contributed by atoms with Crippen molar-refractivity contribution in [1.82, 2.24) is 9.97 Å². The molecule has 0 bridgehead atoms. The molecule has 0 aliphatic rings. The number of alkyl halides is 3. The number of aromatic nitrogens is 2. The highest BCUT2D eigenvalue weighted by Gasteiger charge is 2.35. The van der Waals surface area contributed by atoms with E-state index in [-0.39, 0.29) is 10.4 Å². The Bertz CT molecular complexity index is 692. The molecular formula is C12H6Br2F3N3O. The van der Waals surface area contributed by atoms with Crippen molar-refractivity contribution < 1.29 is 18.0 Å². The Morgan fingerprint density at radius 3 is 2.48 bits per heavy atom. The van der Waals surface area contributed by atoms with Crippen molar-refractivity contribution in [3.05, 3.63) is 50.8 Å².